The summed E-state index contributed by atoms with van der Waals surface area (Å²) in [7, 11) is 1.69. The number of ether oxygens (including phenoxy) is 2. The van der Waals surface area contributed by atoms with Gasteiger partial charge >= 0.3 is 11.9 Å². The predicted molar refractivity (Wildman–Crippen MR) is 154 cm³/mol. The van der Waals surface area contributed by atoms with E-state index < -0.39 is 17.1 Å². The Labute approximate surface area is 246 Å². The van der Waals surface area contributed by atoms with Crippen molar-refractivity contribution in [3.8, 4) is 0 Å². The van der Waals surface area contributed by atoms with Crippen molar-refractivity contribution < 1.29 is 38.9 Å². The second-order valence-corrected chi connectivity index (χ2v) is 9.74. The summed E-state index contributed by atoms with van der Waals surface area (Å²) in [5.41, 5.74) is 3.25. The zero-order valence-corrected chi connectivity index (χ0v) is 24.2. The minimum Gasteiger partial charge on any atom is -0.480 e. The van der Waals surface area contributed by atoms with Crippen LogP contribution in [-0.4, -0.2) is 78.5 Å². The SMILES string of the molecule is CNC(C)C(=O)N1Cc2ccccc2CC1C(=O)O.O=C(CCCc1ccccc1)OCCCOCCCO[N+](=O)[O-]. The van der Waals surface area contributed by atoms with Crippen molar-refractivity contribution in [2.45, 2.75) is 64.1 Å². The second kappa shape index (κ2) is 19.2. The van der Waals surface area contributed by atoms with Gasteiger partial charge in [-0.1, -0.05) is 54.6 Å². The number of fused-ring (bicyclic) bond motifs is 1. The number of carboxylic acids is 1. The summed E-state index contributed by atoms with van der Waals surface area (Å²) >= 11 is 0. The second-order valence-electron chi connectivity index (χ2n) is 9.74. The van der Waals surface area contributed by atoms with Gasteiger partial charge in [-0.2, -0.15) is 0 Å². The third kappa shape index (κ3) is 12.6. The number of likely N-dealkylation sites (N-methyl/N-ethyl adjacent to an activating group) is 1. The Bertz CT molecular complexity index is 1130. The molecule has 2 unspecified atom stereocenters. The van der Waals surface area contributed by atoms with E-state index >= 15 is 0 Å². The van der Waals surface area contributed by atoms with Crippen LogP contribution in [0.5, 0.6) is 0 Å². The van der Waals surface area contributed by atoms with Gasteiger partial charge in [0.05, 0.1) is 19.3 Å². The molecule has 0 bridgehead atoms. The van der Waals surface area contributed by atoms with Crippen LogP contribution in [0.1, 0.15) is 49.3 Å². The first-order valence-corrected chi connectivity index (χ1v) is 14.0. The van der Waals surface area contributed by atoms with E-state index in [0.717, 1.165) is 24.0 Å². The Kier molecular flexibility index (Phi) is 15.6. The Hall–Kier alpha value is -4.03. The molecule has 1 heterocycles. The number of hydrogen-bond donors (Lipinski definition) is 2. The summed E-state index contributed by atoms with van der Waals surface area (Å²) in [5.74, 6) is -1.32. The summed E-state index contributed by atoms with van der Waals surface area (Å²) in [6.45, 7) is 3.30. The van der Waals surface area contributed by atoms with Crippen LogP contribution < -0.4 is 5.32 Å². The fraction of sp³-hybridized carbons (Fsp3) is 0.500. The van der Waals surface area contributed by atoms with E-state index in [-0.39, 0.29) is 24.5 Å². The molecule has 0 saturated heterocycles. The van der Waals surface area contributed by atoms with Gasteiger partial charge in [-0.15, -0.1) is 10.1 Å². The van der Waals surface area contributed by atoms with Crippen molar-refractivity contribution in [1.29, 1.82) is 0 Å². The molecule has 0 aliphatic carbocycles. The van der Waals surface area contributed by atoms with Gasteiger partial charge in [0.15, 0.2) is 0 Å². The molecule has 0 radical (unpaired) electrons. The third-order valence-corrected chi connectivity index (χ3v) is 6.64. The molecule has 12 heteroatoms. The number of nitrogens with one attached hydrogen (secondary N) is 1. The first kappa shape index (κ1) is 34.2. The topological polar surface area (TPSA) is 158 Å². The molecule has 0 saturated carbocycles. The molecule has 230 valence electrons. The number of nitrogens with zero attached hydrogens (tertiary/aromatic N) is 2. The third-order valence-electron chi connectivity index (χ3n) is 6.64. The monoisotopic (exact) mass is 587 g/mol. The van der Waals surface area contributed by atoms with E-state index in [0.29, 0.717) is 52.0 Å². The van der Waals surface area contributed by atoms with Crippen LogP contribution in [0.4, 0.5) is 0 Å². The van der Waals surface area contributed by atoms with Crippen LogP contribution in [0.3, 0.4) is 0 Å². The molecule has 0 spiro atoms. The molecular formula is C30H41N3O9. The average Bonchev–Trinajstić information content (AvgIpc) is 2.99. The molecule has 1 aliphatic heterocycles. The van der Waals surface area contributed by atoms with Gasteiger partial charge in [0.1, 0.15) is 6.04 Å². The maximum atomic E-state index is 12.3. The van der Waals surface area contributed by atoms with Crippen LogP contribution in [-0.2, 0) is 48.1 Å². The molecular weight excluding hydrogens is 546 g/mol. The fourth-order valence-electron chi connectivity index (χ4n) is 4.25. The van der Waals surface area contributed by atoms with Crippen molar-refractivity contribution >= 4 is 17.8 Å². The van der Waals surface area contributed by atoms with E-state index in [2.05, 4.69) is 10.2 Å². The number of carbonyl (C=O) groups excluding carboxylic acids is 2. The molecule has 2 atom stereocenters. The molecule has 1 amide bonds. The maximum Gasteiger partial charge on any atom is 0.326 e. The lowest BCUT2D eigenvalue weighted by Gasteiger charge is -2.35. The van der Waals surface area contributed by atoms with Crippen LogP contribution in [0.25, 0.3) is 0 Å². The van der Waals surface area contributed by atoms with Crippen LogP contribution in [0, 0.1) is 10.1 Å². The van der Waals surface area contributed by atoms with Gasteiger partial charge in [0.2, 0.25) is 5.91 Å². The molecule has 12 nitrogen and oxygen atoms in total. The number of esters is 1. The van der Waals surface area contributed by atoms with E-state index in [1.54, 1.807) is 14.0 Å². The number of carbonyl (C=O) groups is 3. The summed E-state index contributed by atoms with van der Waals surface area (Å²) in [4.78, 5) is 50.6. The quantitative estimate of drug-likeness (QED) is 0.129. The number of hydrogen-bond acceptors (Lipinski definition) is 9. The smallest absolute Gasteiger partial charge is 0.326 e. The van der Waals surface area contributed by atoms with Crippen molar-refractivity contribution in [3.63, 3.8) is 0 Å². The Balaban J connectivity index is 0.000000298. The van der Waals surface area contributed by atoms with Gasteiger partial charge in [0, 0.05) is 39.0 Å². The molecule has 2 N–H and O–H groups in total. The largest absolute Gasteiger partial charge is 0.480 e. The zero-order valence-electron chi connectivity index (χ0n) is 24.2. The summed E-state index contributed by atoms with van der Waals surface area (Å²) in [6.07, 6.45) is 3.49. The molecule has 2 aromatic carbocycles. The highest BCUT2D eigenvalue weighted by Gasteiger charge is 2.35. The number of rotatable bonds is 16. The van der Waals surface area contributed by atoms with E-state index in [9.17, 15) is 29.6 Å². The van der Waals surface area contributed by atoms with Gasteiger partial charge in [-0.05, 0) is 49.9 Å². The lowest BCUT2D eigenvalue weighted by molar-refractivity contribution is -0.757. The van der Waals surface area contributed by atoms with Crippen LogP contribution in [0.2, 0.25) is 0 Å². The minimum atomic E-state index is -0.953. The molecule has 0 fully saturated rings. The highest BCUT2D eigenvalue weighted by atomic mass is 16.9. The number of carboxylic acid groups (broad SMARTS) is 1. The van der Waals surface area contributed by atoms with E-state index in [4.69, 9.17) is 9.47 Å². The number of aliphatic carboxylic acids is 1. The molecule has 3 rings (SSSR count). The molecule has 2 aromatic rings. The van der Waals surface area contributed by atoms with Crippen LogP contribution >= 0.6 is 0 Å². The van der Waals surface area contributed by atoms with Gasteiger partial charge in [-0.3, -0.25) is 9.59 Å². The minimum absolute atomic E-state index is 0.0312. The molecule has 1 aliphatic rings. The van der Waals surface area contributed by atoms with Gasteiger partial charge < -0.3 is 29.6 Å². The fourth-order valence-corrected chi connectivity index (χ4v) is 4.25. The van der Waals surface area contributed by atoms with E-state index in [1.165, 1.54) is 10.5 Å². The van der Waals surface area contributed by atoms with Crippen molar-refractivity contribution in [3.05, 3.63) is 81.4 Å². The lowest BCUT2D eigenvalue weighted by atomic mass is 9.93. The first-order valence-electron chi connectivity index (χ1n) is 14.0. The van der Waals surface area contributed by atoms with Crippen molar-refractivity contribution in [2.75, 3.05) is 33.5 Å². The van der Waals surface area contributed by atoms with E-state index in [1.807, 2.05) is 54.6 Å². The highest BCUT2D eigenvalue weighted by Crippen LogP contribution is 2.24. The average molecular weight is 588 g/mol. The molecule has 0 aromatic heterocycles. The zero-order chi connectivity index (χ0) is 30.7. The first-order chi connectivity index (χ1) is 20.2. The Morgan fingerprint density at radius 2 is 1.64 bits per heavy atom. The van der Waals surface area contributed by atoms with Gasteiger partial charge in [-0.25, -0.2) is 4.79 Å². The maximum absolute atomic E-state index is 12.3. The predicted octanol–water partition coefficient (Wildman–Crippen LogP) is 3.19. The number of amides is 1. The summed E-state index contributed by atoms with van der Waals surface area (Å²) in [6, 6.07) is 16.5. The Morgan fingerprint density at radius 1 is 1.00 bits per heavy atom. The standard InChI is InChI=1S/C16H23NO6.C14H18N2O3/c18-16(10-4-9-15-7-2-1-3-8-15)22-13-5-11-21-12-6-14-23-17(19)20;1-9(15-2)13(17)16-8-11-6-4-3-5-10(11)7-12(16)14(18)19/h1-3,7-8H,4-6,9-14H2;3-6,9,12,15H,7-8H2,1-2H3,(H,18,19). The van der Waals surface area contributed by atoms with Crippen molar-refractivity contribution in [1.82, 2.24) is 10.2 Å². The van der Waals surface area contributed by atoms with Crippen molar-refractivity contribution in [2.24, 2.45) is 0 Å². The van der Waals surface area contributed by atoms with Gasteiger partial charge in [0.25, 0.3) is 5.09 Å². The highest BCUT2D eigenvalue weighted by molar-refractivity contribution is 5.87. The summed E-state index contributed by atoms with van der Waals surface area (Å²) in [5, 5.41) is 21.2. The summed E-state index contributed by atoms with van der Waals surface area (Å²) < 4.78 is 10.3. The Morgan fingerprint density at radius 3 is 2.29 bits per heavy atom. The molecule has 42 heavy (non-hydrogen) atoms. The normalized spacial score (nSPS) is 14.5. The number of aryl methyl sites for hydroxylation is 1. The van der Waals surface area contributed by atoms with Crippen LogP contribution in [0.15, 0.2) is 54.6 Å². The lowest BCUT2D eigenvalue weighted by Crippen LogP contribution is -2.53. The number of benzene rings is 2.